The third kappa shape index (κ3) is 14.6. The van der Waals surface area contributed by atoms with Gasteiger partial charge in [-0.3, -0.25) is 0 Å². The van der Waals surface area contributed by atoms with Crippen LogP contribution < -0.4 is 47.1 Å². The summed E-state index contributed by atoms with van der Waals surface area (Å²) in [5.74, 6) is 0. The Bertz CT molecular complexity index is 4390. The normalized spacial score (nSPS) is 19.2. The maximum atomic E-state index is 8.49. The Kier molecular flexibility index (Phi) is 21.8. The van der Waals surface area contributed by atoms with Crippen LogP contribution in [0.3, 0.4) is 0 Å². The van der Waals surface area contributed by atoms with Gasteiger partial charge in [-0.2, -0.15) is 9.15 Å². The van der Waals surface area contributed by atoms with Crippen LogP contribution in [0.1, 0.15) is 113 Å². The summed E-state index contributed by atoms with van der Waals surface area (Å²) in [7, 11) is -9.89. The molecule has 12 nitrogen and oxygen atoms in total. The van der Waals surface area contributed by atoms with Crippen molar-refractivity contribution in [2.24, 2.45) is 0 Å². The molecule has 2 atom stereocenters. The second kappa shape index (κ2) is 29.3. The van der Waals surface area contributed by atoms with E-state index in [-0.39, 0.29) is 21.7 Å². The lowest BCUT2D eigenvalue weighted by molar-refractivity contribution is -2.00. The van der Waals surface area contributed by atoms with Crippen molar-refractivity contribution in [3.05, 3.63) is 292 Å². The molecule has 0 aliphatic carbocycles. The Morgan fingerprint density at radius 2 is 0.755 bits per heavy atom. The van der Waals surface area contributed by atoms with E-state index in [2.05, 4.69) is 357 Å². The topological polar surface area (TPSA) is 197 Å². The predicted octanol–water partition coefficient (Wildman–Crippen LogP) is 12.4. The smallest absolute Gasteiger partial charge is 0.210 e. The van der Waals surface area contributed by atoms with Crippen LogP contribution in [-0.4, -0.2) is 33.7 Å². The molecule has 4 aliphatic heterocycles. The third-order valence-electron chi connectivity index (χ3n) is 20.0. The number of hydrogen-bond acceptors (Lipinski definition) is 10. The highest BCUT2D eigenvalue weighted by atomic mass is 79.9. The summed E-state index contributed by atoms with van der Waals surface area (Å²) in [6, 6.07) is 67.9. The van der Waals surface area contributed by atoms with Gasteiger partial charge in [0.2, 0.25) is 11.4 Å². The lowest BCUT2D eigenvalue weighted by Gasteiger charge is -2.33. The lowest BCUT2D eigenvalue weighted by Crippen LogP contribution is -2.68. The summed E-state index contributed by atoms with van der Waals surface area (Å²) in [6.45, 7) is 22.2. The van der Waals surface area contributed by atoms with Gasteiger partial charge >= 0.3 is 0 Å². The van der Waals surface area contributed by atoms with E-state index in [1.807, 2.05) is 0 Å². The summed E-state index contributed by atoms with van der Waals surface area (Å²) in [5.41, 5.74) is 20.0. The molecular weight excluding hydrogens is 1540 g/mol. The van der Waals surface area contributed by atoms with E-state index >= 15 is 0 Å². The van der Waals surface area contributed by atoms with Crippen LogP contribution in [0.5, 0.6) is 0 Å². The van der Waals surface area contributed by atoms with Crippen LogP contribution in [0, 0.1) is 20.5 Å². The summed E-state index contributed by atoms with van der Waals surface area (Å²) in [6.07, 6.45) is 18.2. The minimum absolute atomic E-state index is 0.230. The molecule has 4 heterocycles. The highest BCUT2D eigenvalue weighted by Gasteiger charge is 2.50. The Morgan fingerprint density at radius 3 is 1.09 bits per heavy atom. The second-order valence-corrected chi connectivity index (χ2v) is 31.3. The van der Waals surface area contributed by atoms with E-state index in [1.165, 1.54) is 112 Å². The van der Waals surface area contributed by atoms with Crippen molar-refractivity contribution in [3.63, 3.8) is 0 Å². The van der Waals surface area contributed by atoms with Crippen LogP contribution in [0.25, 0.3) is 21.5 Å². The van der Waals surface area contributed by atoms with E-state index in [1.54, 1.807) is 0 Å². The van der Waals surface area contributed by atoms with Gasteiger partial charge in [0.05, 0.1) is 22.2 Å². The van der Waals surface area contributed by atoms with Gasteiger partial charge in [0.1, 0.15) is 0 Å². The van der Waals surface area contributed by atoms with Crippen LogP contribution in [0.15, 0.2) is 248 Å². The molecule has 0 amide bonds. The zero-order valence-electron chi connectivity index (χ0n) is 55.8. The number of fused-ring (bicyclic) bond motifs is 8. The molecular formula is C80H76Br4Cl2N4O8. The van der Waals surface area contributed by atoms with Crippen LogP contribution in [0.2, 0.25) is 0 Å². The third-order valence-corrected chi connectivity index (χ3v) is 22.1. The molecule has 9 aromatic carbocycles. The van der Waals surface area contributed by atoms with Gasteiger partial charge in [-0.25, -0.2) is 37.3 Å². The molecule has 506 valence electrons. The first-order valence-electron chi connectivity index (χ1n) is 32.6. The summed E-state index contributed by atoms with van der Waals surface area (Å²) < 4.78 is 77.6. The average Bonchev–Trinajstić information content (AvgIpc) is 1.60. The highest BCUT2D eigenvalue weighted by Crippen LogP contribution is 2.57. The fourth-order valence-corrected chi connectivity index (χ4v) is 18.7. The van der Waals surface area contributed by atoms with E-state index in [0.717, 1.165) is 69.8 Å². The van der Waals surface area contributed by atoms with Crippen molar-refractivity contribution in [1.29, 1.82) is 0 Å². The Morgan fingerprint density at radius 1 is 0.418 bits per heavy atom. The monoisotopic (exact) mass is 1610 g/mol. The van der Waals surface area contributed by atoms with Gasteiger partial charge in [-0.15, -0.1) is 20.5 Å². The zero-order chi connectivity index (χ0) is 70.3. The molecule has 0 fully saturated rings. The molecule has 4 aliphatic rings. The number of benzene rings is 9. The standard InChI is InChI=1S/C80H76Br4N4.2ClHO4/c1-9-79(49-53-25-15-13-16-26-53)63-45-59(81)47-65(83)75(63)85(11-3)71(79)35-23-33-69-77(5,6)73-61-31-21-19-29-57(61)41-43-67(73)87(69)51-55-37-39-56(40-38-55)52-88-68-44-42-58-30-20-22-32-62(58)74(68)78(7,8)70(88)34-24-36-72-80(10-2,50-54-27-17-14-18-28-54)64-46-60(82)48-66(84)76(64)86(72)12-4;2*2-1(3,4)5/h13-48H,9-12,49-52H2,1-8H3;2*(H,2,3,4,5)/q+2;;/p-2. The van der Waals surface area contributed by atoms with Gasteiger partial charge in [0.25, 0.3) is 0 Å². The van der Waals surface area contributed by atoms with Crippen molar-refractivity contribution in [3.8, 4) is 0 Å². The van der Waals surface area contributed by atoms with Crippen molar-refractivity contribution in [2.45, 2.75) is 116 Å². The lowest BCUT2D eigenvalue weighted by atomic mass is 9.72. The Hall–Kier alpha value is -6.42. The molecule has 0 saturated carbocycles. The van der Waals surface area contributed by atoms with E-state index in [0.29, 0.717) is 0 Å². The molecule has 0 saturated heterocycles. The molecule has 0 aromatic heterocycles. The predicted molar refractivity (Wildman–Crippen MR) is 386 cm³/mol. The molecule has 0 radical (unpaired) electrons. The minimum atomic E-state index is -4.94. The largest absolute Gasteiger partial charge is 0.343 e. The van der Waals surface area contributed by atoms with Crippen LogP contribution in [0.4, 0.5) is 22.7 Å². The molecule has 0 bridgehead atoms. The fraction of sp³-hybridized carbons (Fsp3) is 0.250. The molecule has 0 spiro atoms. The van der Waals surface area contributed by atoms with E-state index in [4.69, 9.17) is 37.3 Å². The van der Waals surface area contributed by atoms with Gasteiger partial charge in [0, 0.05) is 99.7 Å². The zero-order valence-corrected chi connectivity index (χ0v) is 63.6. The first kappa shape index (κ1) is 72.8. The average molecular weight is 1610 g/mol. The second-order valence-electron chi connectivity index (χ2n) is 26.2. The number of halogens is 6. The number of rotatable bonds is 16. The Labute approximate surface area is 612 Å². The molecule has 0 N–H and O–H groups in total. The molecule has 13 rings (SSSR count). The molecule has 98 heavy (non-hydrogen) atoms. The quantitative estimate of drug-likeness (QED) is 0.0839. The number of likely N-dealkylation sites (N-methyl/N-ethyl adjacent to an activating group) is 2. The minimum Gasteiger partial charge on any atom is -0.343 e. The SMILES string of the molecule is CCN1/C(=C/C=C/C2=[N+](Cc3ccc(C[N+]4=C(/C=C/C=C5/N(CC)c6c(Br)cc(Br)cc6C5(CC)Cc5ccccc5)C(C)(C)c5c4ccc4ccccc54)cc3)c3ccc4ccccc4c3C2(C)C)C(CC)(Cc2ccccc2)c2cc(Br)cc(Br)c21.[O-][Cl+3]([O-])([O-])[O-].[O-][Cl+3]([O-])([O-])[O-]. The first-order valence-corrected chi connectivity index (χ1v) is 38.3. The maximum absolute atomic E-state index is 8.49. The summed E-state index contributed by atoms with van der Waals surface area (Å²) in [4.78, 5) is 5.09. The van der Waals surface area contributed by atoms with Crippen molar-refractivity contribution in [2.75, 3.05) is 22.9 Å². The van der Waals surface area contributed by atoms with Crippen LogP contribution >= 0.6 is 63.7 Å². The Balaban J connectivity index is 0.000000908. The van der Waals surface area contributed by atoms with E-state index in [9.17, 15) is 0 Å². The van der Waals surface area contributed by atoms with E-state index < -0.39 is 20.5 Å². The maximum Gasteiger partial charge on any atom is 0.210 e. The highest BCUT2D eigenvalue weighted by molar-refractivity contribution is 9.11. The number of nitrogens with zero attached hydrogens (tertiary/aromatic N) is 4. The first-order chi connectivity index (χ1) is 46.6. The summed E-state index contributed by atoms with van der Waals surface area (Å²) >= 11 is 15.9. The van der Waals surface area contributed by atoms with Crippen molar-refractivity contribution in [1.82, 2.24) is 0 Å². The summed E-state index contributed by atoms with van der Waals surface area (Å²) in [5, 5.41) is 5.16. The van der Waals surface area contributed by atoms with Crippen molar-refractivity contribution < 1.29 is 66.9 Å². The number of hydrogen-bond donors (Lipinski definition) is 0. The van der Waals surface area contributed by atoms with Gasteiger partial charge in [-0.1, -0.05) is 191 Å². The van der Waals surface area contributed by atoms with Gasteiger partial charge in [0.15, 0.2) is 24.5 Å². The number of anilines is 2. The molecule has 9 aromatic rings. The van der Waals surface area contributed by atoms with Gasteiger partial charge in [-0.05, 0) is 191 Å². The molecule has 2 unspecified atom stereocenters. The number of allylic oxidation sites excluding steroid dienone is 8. The molecule has 18 heteroatoms. The fourth-order valence-electron chi connectivity index (χ4n) is 15.8. The van der Waals surface area contributed by atoms with Crippen molar-refractivity contribution >= 4 is 119 Å². The van der Waals surface area contributed by atoms with Gasteiger partial charge < -0.3 is 9.80 Å². The van der Waals surface area contributed by atoms with Crippen LogP contribution in [-0.2, 0) is 47.6 Å².